The molecule has 0 saturated carbocycles. The SMILES string of the molecule is Cc1cc(NC(=O)CN2CCC[C@H]2c2nc3ccccc3s2)on1. The summed E-state index contributed by atoms with van der Waals surface area (Å²) in [4.78, 5) is 19.2. The topological polar surface area (TPSA) is 71.3 Å². The molecule has 0 bridgehead atoms. The van der Waals surface area contributed by atoms with E-state index in [-0.39, 0.29) is 11.9 Å². The van der Waals surface area contributed by atoms with E-state index >= 15 is 0 Å². The monoisotopic (exact) mass is 342 g/mol. The molecule has 1 aromatic carbocycles. The molecular weight excluding hydrogens is 324 g/mol. The first-order valence-corrected chi connectivity index (χ1v) is 8.83. The van der Waals surface area contributed by atoms with Crippen LogP contribution in [-0.4, -0.2) is 34.0 Å². The number of rotatable bonds is 4. The average molecular weight is 342 g/mol. The highest BCUT2D eigenvalue weighted by molar-refractivity contribution is 7.18. The van der Waals surface area contributed by atoms with Gasteiger partial charge in [0, 0.05) is 6.07 Å². The van der Waals surface area contributed by atoms with Crippen LogP contribution in [0, 0.1) is 6.92 Å². The lowest BCUT2D eigenvalue weighted by molar-refractivity contribution is -0.117. The first-order valence-electron chi connectivity index (χ1n) is 8.02. The van der Waals surface area contributed by atoms with Gasteiger partial charge in [-0.25, -0.2) is 4.98 Å². The minimum absolute atomic E-state index is 0.0841. The molecule has 1 aliphatic rings. The Morgan fingerprint density at radius 3 is 3.12 bits per heavy atom. The molecule has 0 spiro atoms. The fraction of sp³-hybridized carbons (Fsp3) is 0.353. The summed E-state index contributed by atoms with van der Waals surface area (Å²) in [6.07, 6.45) is 2.11. The molecule has 2 aromatic heterocycles. The lowest BCUT2D eigenvalue weighted by Crippen LogP contribution is -2.32. The molecule has 1 aliphatic heterocycles. The van der Waals surface area contributed by atoms with E-state index < -0.39 is 0 Å². The number of fused-ring (bicyclic) bond motifs is 1. The lowest BCUT2D eigenvalue weighted by Gasteiger charge is -2.21. The summed E-state index contributed by atoms with van der Waals surface area (Å²) in [6.45, 7) is 3.06. The summed E-state index contributed by atoms with van der Waals surface area (Å²) >= 11 is 1.72. The smallest absolute Gasteiger partial charge is 0.240 e. The van der Waals surface area contributed by atoms with Gasteiger partial charge >= 0.3 is 0 Å². The highest BCUT2D eigenvalue weighted by Crippen LogP contribution is 2.36. The number of benzene rings is 1. The van der Waals surface area contributed by atoms with Crippen LogP contribution in [0.15, 0.2) is 34.9 Å². The molecule has 3 heterocycles. The van der Waals surface area contributed by atoms with Crippen LogP contribution in [0.1, 0.15) is 29.6 Å². The van der Waals surface area contributed by atoms with Crippen molar-refractivity contribution < 1.29 is 9.32 Å². The van der Waals surface area contributed by atoms with Crippen molar-refractivity contribution in [2.75, 3.05) is 18.4 Å². The van der Waals surface area contributed by atoms with Crippen molar-refractivity contribution in [1.29, 1.82) is 0 Å². The second kappa shape index (κ2) is 6.33. The van der Waals surface area contributed by atoms with Crippen LogP contribution in [-0.2, 0) is 4.79 Å². The van der Waals surface area contributed by atoms with Crippen LogP contribution in [0.25, 0.3) is 10.2 Å². The minimum Gasteiger partial charge on any atom is -0.338 e. The zero-order valence-electron chi connectivity index (χ0n) is 13.4. The molecule has 24 heavy (non-hydrogen) atoms. The highest BCUT2D eigenvalue weighted by atomic mass is 32.1. The van der Waals surface area contributed by atoms with Gasteiger partial charge in [0.1, 0.15) is 5.01 Å². The maximum absolute atomic E-state index is 12.3. The van der Waals surface area contributed by atoms with Crippen molar-refractivity contribution in [2.45, 2.75) is 25.8 Å². The van der Waals surface area contributed by atoms with Crippen molar-refractivity contribution in [3.05, 3.63) is 41.0 Å². The second-order valence-electron chi connectivity index (χ2n) is 6.03. The molecule has 6 nitrogen and oxygen atoms in total. The standard InChI is InChI=1S/C17H18N4O2S/c1-11-9-16(23-20-11)19-15(22)10-21-8-4-6-13(21)17-18-12-5-2-3-7-14(12)24-17/h2-3,5,7,9,13H,4,6,8,10H2,1H3,(H,19,22)/t13-/m0/s1. The number of carbonyl (C=O) groups is 1. The Morgan fingerprint density at radius 2 is 2.33 bits per heavy atom. The van der Waals surface area contributed by atoms with Gasteiger partial charge in [0.2, 0.25) is 11.8 Å². The van der Waals surface area contributed by atoms with Gasteiger partial charge in [-0.1, -0.05) is 17.3 Å². The van der Waals surface area contributed by atoms with Crippen molar-refractivity contribution in [2.24, 2.45) is 0 Å². The van der Waals surface area contributed by atoms with Gasteiger partial charge in [-0.05, 0) is 38.4 Å². The number of hydrogen-bond acceptors (Lipinski definition) is 6. The predicted octanol–water partition coefficient (Wildman–Crippen LogP) is 3.37. The number of anilines is 1. The number of nitrogens with zero attached hydrogens (tertiary/aromatic N) is 3. The molecule has 0 radical (unpaired) electrons. The van der Waals surface area contributed by atoms with E-state index in [1.54, 1.807) is 17.4 Å². The molecule has 4 rings (SSSR count). The first kappa shape index (κ1) is 15.3. The van der Waals surface area contributed by atoms with E-state index in [0.717, 1.165) is 35.6 Å². The summed E-state index contributed by atoms with van der Waals surface area (Å²) < 4.78 is 6.24. The maximum Gasteiger partial charge on any atom is 0.240 e. The molecule has 1 amide bonds. The Morgan fingerprint density at radius 1 is 1.46 bits per heavy atom. The van der Waals surface area contributed by atoms with Crippen LogP contribution < -0.4 is 5.32 Å². The van der Waals surface area contributed by atoms with E-state index in [1.165, 1.54) is 4.70 Å². The summed E-state index contributed by atoms with van der Waals surface area (Å²) in [6, 6.07) is 10.1. The van der Waals surface area contributed by atoms with Crippen LogP contribution in [0.5, 0.6) is 0 Å². The molecule has 124 valence electrons. The molecule has 1 N–H and O–H groups in total. The fourth-order valence-electron chi connectivity index (χ4n) is 3.11. The Labute approximate surface area is 143 Å². The Bertz CT molecular complexity index is 839. The third-order valence-electron chi connectivity index (χ3n) is 4.20. The highest BCUT2D eigenvalue weighted by Gasteiger charge is 2.30. The number of carbonyl (C=O) groups excluding carboxylic acids is 1. The van der Waals surface area contributed by atoms with Gasteiger partial charge in [-0.2, -0.15) is 0 Å². The van der Waals surface area contributed by atoms with Gasteiger partial charge in [0.25, 0.3) is 0 Å². The quantitative estimate of drug-likeness (QED) is 0.787. The minimum atomic E-state index is -0.0841. The number of hydrogen-bond donors (Lipinski definition) is 1. The van der Waals surface area contributed by atoms with E-state index in [9.17, 15) is 4.79 Å². The average Bonchev–Trinajstić information content (AvgIpc) is 3.26. The number of amides is 1. The normalized spacial score (nSPS) is 18.3. The molecular formula is C17H18N4O2S. The Balaban J connectivity index is 1.47. The predicted molar refractivity (Wildman–Crippen MR) is 93.0 cm³/mol. The lowest BCUT2D eigenvalue weighted by atomic mass is 10.2. The summed E-state index contributed by atoms with van der Waals surface area (Å²) in [5.74, 6) is 0.312. The fourth-order valence-corrected chi connectivity index (χ4v) is 4.25. The van der Waals surface area contributed by atoms with Crippen LogP contribution in [0.4, 0.5) is 5.88 Å². The number of nitrogens with one attached hydrogen (secondary N) is 1. The Kier molecular flexibility index (Phi) is 4.03. The third-order valence-corrected chi connectivity index (χ3v) is 5.33. The van der Waals surface area contributed by atoms with Crippen molar-refractivity contribution in [3.8, 4) is 0 Å². The molecule has 7 heteroatoms. The molecule has 3 aromatic rings. The number of thiazole rings is 1. The molecule has 0 aliphatic carbocycles. The number of likely N-dealkylation sites (tertiary alicyclic amines) is 1. The molecule has 0 unspecified atom stereocenters. The molecule has 1 atom stereocenters. The summed E-state index contributed by atoms with van der Waals surface area (Å²) in [7, 11) is 0. The van der Waals surface area contributed by atoms with Gasteiger partial charge in [0.15, 0.2) is 0 Å². The molecule has 1 fully saturated rings. The molecule has 1 saturated heterocycles. The van der Waals surface area contributed by atoms with E-state index in [2.05, 4.69) is 21.4 Å². The second-order valence-corrected chi connectivity index (χ2v) is 7.09. The van der Waals surface area contributed by atoms with Crippen LogP contribution in [0.2, 0.25) is 0 Å². The zero-order valence-corrected chi connectivity index (χ0v) is 14.2. The van der Waals surface area contributed by atoms with Gasteiger partial charge in [-0.15, -0.1) is 11.3 Å². The van der Waals surface area contributed by atoms with Gasteiger partial charge < -0.3 is 4.52 Å². The van der Waals surface area contributed by atoms with Crippen molar-refractivity contribution in [3.63, 3.8) is 0 Å². The van der Waals surface area contributed by atoms with Crippen LogP contribution in [0.3, 0.4) is 0 Å². The number of aryl methyl sites for hydroxylation is 1. The zero-order chi connectivity index (χ0) is 16.5. The summed E-state index contributed by atoms with van der Waals surface area (Å²) in [5, 5.41) is 7.63. The van der Waals surface area contributed by atoms with Gasteiger partial charge in [0.05, 0.1) is 28.5 Å². The third kappa shape index (κ3) is 3.05. The maximum atomic E-state index is 12.3. The van der Waals surface area contributed by atoms with Crippen molar-refractivity contribution >= 4 is 33.3 Å². The van der Waals surface area contributed by atoms with E-state index in [4.69, 9.17) is 9.51 Å². The first-order chi connectivity index (χ1) is 11.7. The van der Waals surface area contributed by atoms with Crippen LogP contribution >= 0.6 is 11.3 Å². The summed E-state index contributed by atoms with van der Waals surface area (Å²) in [5.41, 5.74) is 1.78. The number of para-hydroxylation sites is 1. The van der Waals surface area contributed by atoms with E-state index in [0.29, 0.717) is 12.4 Å². The van der Waals surface area contributed by atoms with Crippen molar-refractivity contribution in [1.82, 2.24) is 15.0 Å². The number of aromatic nitrogens is 2. The van der Waals surface area contributed by atoms with Gasteiger partial charge in [-0.3, -0.25) is 15.0 Å². The van der Waals surface area contributed by atoms with E-state index in [1.807, 2.05) is 25.1 Å². The Hall–Kier alpha value is -2.25. The largest absolute Gasteiger partial charge is 0.338 e.